The zero-order valence-electron chi connectivity index (χ0n) is 22.0. The van der Waals surface area contributed by atoms with Crippen LogP contribution in [0.3, 0.4) is 0 Å². The second-order valence-corrected chi connectivity index (χ2v) is 9.19. The molecule has 1 N–H and O–H groups in total. The van der Waals surface area contributed by atoms with Crippen LogP contribution in [0.25, 0.3) is 22.2 Å². The van der Waals surface area contributed by atoms with Gasteiger partial charge in [0, 0.05) is 34.2 Å². The molecule has 0 aliphatic rings. The molecule has 0 bridgehead atoms. The average Bonchev–Trinajstić information content (AvgIpc) is 3.32. The Hall–Kier alpha value is -5.31. The summed E-state index contributed by atoms with van der Waals surface area (Å²) in [4.78, 5) is 11.7. The van der Waals surface area contributed by atoms with Crippen LogP contribution in [-0.4, -0.2) is 23.0 Å². The van der Waals surface area contributed by atoms with E-state index in [1.165, 1.54) is 24.3 Å². The zero-order chi connectivity index (χ0) is 30.9. The van der Waals surface area contributed by atoms with Crippen LogP contribution in [0.4, 0.5) is 41.2 Å². The van der Waals surface area contributed by atoms with E-state index in [0.29, 0.717) is 23.3 Å². The number of carbonyl (C=O) groups excluding carboxylic acids is 1. The molecule has 4 aromatic carbocycles. The van der Waals surface area contributed by atoms with Crippen molar-refractivity contribution in [2.45, 2.75) is 12.7 Å². The number of nitrogens with one attached hydrogen (secondary N) is 1. The van der Waals surface area contributed by atoms with Crippen molar-refractivity contribution in [1.29, 1.82) is 0 Å². The number of methoxy groups -OCH3 is 1. The fourth-order valence-corrected chi connectivity index (χ4v) is 4.45. The zero-order valence-corrected chi connectivity index (χ0v) is 22.0. The van der Waals surface area contributed by atoms with Crippen LogP contribution in [0.5, 0.6) is 0 Å². The predicted octanol–water partition coefficient (Wildman–Crippen LogP) is 7.90. The molecule has 1 amide bonds. The summed E-state index contributed by atoms with van der Waals surface area (Å²) in [5.41, 5.74) is -1.11. The molecule has 0 spiro atoms. The minimum atomic E-state index is -4.78. The number of halogens is 7. The molecule has 0 aliphatic carbocycles. The number of nitrogens with zero attached hydrogens (tertiary/aromatic N) is 2. The smallest absolute Gasteiger partial charge is 0.418 e. The summed E-state index contributed by atoms with van der Waals surface area (Å²) in [5.74, 6) is 1.33. The van der Waals surface area contributed by atoms with Crippen molar-refractivity contribution in [2.75, 3.05) is 12.4 Å². The van der Waals surface area contributed by atoms with E-state index in [4.69, 9.17) is 0 Å². The summed E-state index contributed by atoms with van der Waals surface area (Å²) in [6.07, 6.45) is -5.58. The van der Waals surface area contributed by atoms with Crippen LogP contribution >= 0.6 is 0 Å². The molecule has 0 radical (unpaired) electrons. The number of aromatic nitrogens is 2. The number of hydrogen-bond acceptors (Lipinski definition) is 3. The number of amides is 1. The number of rotatable bonds is 4. The van der Waals surface area contributed by atoms with Crippen LogP contribution in [0.1, 0.15) is 22.3 Å². The van der Waals surface area contributed by atoms with E-state index in [-0.39, 0.29) is 22.3 Å². The maximum Gasteiger partial charge on any atom is 0.418 e. The molecule has 1 heterocycles. The topological polar surface area (TPSA) is 56.1 Å². The highest BCUT2D eigenvalue weighted by Gasteiger charge is 2.34. The first kappa shape index (κ1) is 29.2. The van der Waals surface area contributed by atoms with Gasteiger partial charge in [-0.25, -0.2) is 22.4 Å². The van der Waals surface area contributed by atoms with Gasteiger partial charge < -0.3 is 4.74 Å². The van der Waals surface area contributed by atoms with Gasteiger partial charge in [0.25, 0.3) is 0 Å². The maximum absolute atomic E-state index is 14.6. The van der Waals surface area contributed by atoms with Gasteiger partial charge in [0.2, 0.25) is 0 Å². The Bertz CT molecular complexity index is 1920. The summed E-state index contributed by atoms with van der Waals surface area (Å²) < 4.78 is 104. The van der Waals surface area contributed by atoms with Crippen molar-refractivity contribution in [3.8, 4) is 23.1 Å². The van der Waals surface area contributed by atoms with Crippen LogP contribution in [0, 0.1) is 35.1 Å². The molecule has 1 aromatic heterocycles. The van der Waals surface area contributed by atoms with Crippen LogP contribution in [0.15, 0.2) is 72.8 Å². The second-order valence-electron chi connectivity index (χ2n) is 9.19. The van der Waals surface area contributed by atoms with E-state index >= 15 is 0 Å². The van der Waals surface area contributed by atoms with E-state index in [2.05, 4.69) is 27.0 Å². The summed E-state index contributed by atoms with van der Waals surface area (Å²) in [6.45, 7) is -0.652. The second kappa shape index (κ2) is 11.5. The molecular formula is C31H18F7N3O2. The molecule has 5 rings (SSSR count). The van der Waals surface area contributed by atoms with Gasteiger partial charge in [-0.05, 0) is 36.4 Å². The van der Waals surface area contributed by atoms with Gasteiger partial charge >= 0.3 is 12.3 Å². The molecular weight excluding hydrogens is 579 g/mol. The van der Waals surface area contributed by atoms with Crippen LogP contribution < -0.4 is 5.32 Å². The summed E-state index contributed by atoms with van der Waals surface area (Å²) in [6, 6.07) is 14.0. The molecule has 0 unspecified atom stereocenters. The van der Waals surface area contributed by atoms with E-state index in [0.717, 1.165) is 30.0 Å². The fourth-order valence-electron chi connectivity index (χ4n) is 4.45. The Kier molecular flexibility index (Phi) is 7.82. The average molecular weight is 597 g/mol. The molecule has 218 valence electrons. The van der Waals surface area contributed by atoms with Gasteiger partial charge in [0.05, 0.1) is 36.2 Å². The molecule has 0 atom stereocenters. The third-order valence-corrected chi connectivity index (χ3v) is 6.37. The Balaban J connectivity index is 1.65. The maximum atomic E-state index is 14.6. The van der Waals surface area contributed by atoms with E-state index in [9.17, 15) is 35.5 Å². The highest BCUT2D eigenvalue weighted by molar-refractivity contribution is 5.95. The van der Waals surface area contributed by atoms with Gasteiger partial charge in [0.15, 0.2) is 0 Å². The monoisotopic (exact) mass is 597 g/mol. The summed E-state index contributed by atoms with van der Waals surface area (Å²) >= 11 is 0. The van der Waals surface area contributed by atoms with Crippen molar-refractivity contribution < 1.29 is 40.3 Å². The SMILES string of the molecule is COC(=O)Nc1ccc(F)cc1C#Cc1cccc(-c2c3cccc(C(F)(F)F)c3nn2Cc2c(F)cc(F)cc2F)c1. The molecule has 5 aromatic rings. The summed E-state index contributed by atoms with van der Waals surface area (Å²) in [7, 11) is 1.15. The molecule has 0 saturated carbocycles. The molecule has 0 fully saturated rings. The lowest BCUT2D eigenvalue weighted by molar-refractivity contribution is -0.136. The number of carbonyl (C=O) groups is 1. The third-order valence-electron chi connectivity index (χ3n) is 6.37. The van der Waals surface area contributed by atoms with Gasteiger partial charge in [-0.3, -0.25) is 10.00 Å². The van der Waals surface area contributed by atoms with E-state index < -0.39 is 58.7 Å². The molecule has 0 aliphatic heterocycles. The Morgan fingerprint density at radius 2 is 1.63 bits per heavy atom. The highest BCUT2D eigenvalue weighted by atomic mass is 19.4. The quantitative estimate of drug-likeness (QED) is 0.169. The van der Waals surface area contributed by atoms with Crippen molar-refractivity contribution in [3.05, 3.63) is 118 Å². The lowest BCUT2D eigenvalue weighted by Gasteiger charge is -2.11. The Morgan fingerprint density at radius 3 is 2.33 bits per heavy atom. The number of ether oxygens (including phenoxy) is 1. The number of anilines is 1. The Labute approximate surface area is 239 Å². The van der Waals surface area contributed by atoms with Crippen molar-refractivity contribution in [2.24, 2.45) is 0 Å². The predicted molar refractivity (Wildman–Crippen MR) is 144 cm³/mol. The largest absolute Gasteiger partial charge is 0.453 e. The summed E-state index contributed by atoms with van der Waals surface area (Å²) in [5, 5.41) is 6.53. The number of benzene rings is 4. The van der Waals surface area contributed by atoms with Gasteiger partial charge in [-0.2, -0.15) is 18.3 Å². The minimum Gasteiger partial charge on any atom is -0.453 e. The number of hydrogen-bond donors (Lipinski definition) is 1. The van der Waals surface area contributed by atoms with Gasteiger partial charge in [0.1, 0.15) is 28.8 Å². The van der Waals surface area contributed by atoms with Crippen molar-refractivity contribution in [1.82, 2.24) is 9.78 Å². The number of alkyl halides is 3. The van der Waals surface area contributed by atoms with Crippen LogP contribution in [-0.2, 0) is 17.5 Å². The fraction of sp³-hybridized carbons (Fsp3) is 0.0968. The molecule has 43 heavy (non-hydrogen) atoms. The first-order valence-corrected chi connectivity index (χ1v) is 12.4. The molecule has 5 nitrogen and oxygen atoms in total. The first-order valence-electron chi connectivity index (χ1n) is 12.4. The lowest BCUT2D eigenvalue weighted by atomic mass is 10.0. The van der Waals surface area contributed by atoms with Crippen LogP contribution in [0.2, 0.25) is 0 Å². The van der Waals surface area contributed by atoms with Crippen molar-refractivity contribution in [3.63, 3.8) is 0 Å². The lowest BCUT2D eigenvalue weighted by Crippen LogP contribution is -2.12. The minimum absolute atomic E-state index is 0.0394. The third kappa shape index (κ3) is 6.16. The van der Waals surface area contributed by atoms with Gasteiger partial charge in [-0.1, -0.05) is 36.1 Å². The van der Waals surface area contributed by atoms with Gasteiger partial charge in [-0.15, -0.1) is 0 Å². The van der Waals surface area contributed by atoms with E-state index in [1.54, 1.807) is 18.2 Å². The highest BCUT2D eigenvalue weighted by Crippen LogP contribution is 2.38. The van der Waals surface area contributed by atoms with E-state index in [1.807, 2.05) is 0 Å². The molecule has 12 heteroatoms. The Morgan fingerprint density at radius 1 is 0.907 bits per heavy atom. The molecule has 0 saturated heterocycles. The number of fused-ring (bicyclic) bond motifs is 1. The van der Waals surface area contributed by atoms with Crippen molar-refractivity contribution >= 4 is 22.7 Å². The standard InChI is InChI=1S/C31H18F7N3O2/c1-43-30(42)39-27-11-10-20(32)13-18(27)9-8-17-4-2-5-19(12-17)29-22-6-3-7-24(31(36,37)38)28(22)40-41(29)16-23-25(34)14-21(33)15-26(23)35/h2-7,10-15H,16H2,1H3,(H,39,42). The first-order chi connectivity index (χ1) is 20.4. The normalized spacial score (nSPS) is 11.3.